The molecule has 1 aliphatic rings. The molecule has 18 heavy (non-hydrogen) atoms. The lowest BCUT2D eigenvalue weighted by Gasteiger charge is -2.18. The first-order chi connectivity index (χ1) is 8.75. The Balaban J connectivity index is 1.76. The van der Waals surface area contributed by atoms with E-state index in [9.17, 15) is 0 Å². The van der Waals surface area contributed by atoms with Crippen LogP contribution in [0.2, 0.25) is 0 Å². The van der Waals surface area contributed by atoms with Gasteiger partial charge in [-0.3, -0.25) is 0 Å². The molecule has 0 fully saturated rings. The third-order valence-electron chi connectivity index (χ3n) is 3.16. The molecule has 0 radical (unpaired) electrons. The van der Waals surface area contributed by atoms with Crippen LogP contribution in [0.4, 0.5) is 0 Å². The Kier molecular flexibility index (Phi) is 4.88. The number of aryl methyl sites for hydroxylation is 1. The maximum atomic E-state index is 5.76. The highest BCUT2D eigenvalue weighted by atomic mass is 16.5. The lowest BCUT2D eigenvalue weighted by molar-refractivity contribution is 0.275. The van der Waals surface area contributed by atoms with Crippen molar-refractivity contribution >= 4 is 0 Å². The van der Waals surface area contributed by atoms with Gasteiger partial charge in [0.05, 0.1) is 13.2 Å². The van der Waals surface area contributed by atoms with Gasteiger partial charge in [-0.1, -0.05) is 6.07 Å². The molecule has 0 unspecified atom stereocenters. The predicted molar refractivity (Wildman–Crippen MR) is 73.5 cm³/mol. The van der Waals surface area contributed by atoms with E-state index in [1.54, 1.807) is 0 Å². The van der Waals surface area contributed by atoms with E-state index >= 15 is 0 Å². The minimum atomic E-state index is 0.784. The van der Waals surface area contributed by atoms with Gasteiger partial charge in [-0.2, -0.15) is 0 Å². The number of rotatable bonds is 6. The Bertz CT molecular complexity index is 377. The first-order valence-electron chi connectivity index (χ1n) is 6.79. The molecule has 0 atom stereocenters. The highest BCUT2D eigenvalue weighted by Crippen LogP contribution is 2.29. The van der Waals surface area contributed by atoms with Gasteiger partial charge in [0.25, 0.3) is 0 Å². The summed E-state index contributed by atoms with van der Waals surface area (Å²) in [5.74, 6) is 1.94. The van der Waals surface area contributed by atoms with E-state index in [-0.39, 0.29) is 0 Å². The molecule has 0 N–H and O–H groups in total. The number of nitrogens with zero attached hydrogens (tertiary/aromatic N) is 1. The zero-order valence-electron chi connectivity index (χ0n) is 11.4. The summed E-state index contributed by atoms with van der Waals surface area (Å²) in [5.41, 5.74) is 1.31. The molecule has 1 aromatic carbocycles. The largest absolute Gasteiger partial charge is 0.493 e. The topological polar surface area (TPSA) is 21.7 Å². The Labute approximate surface area is 110 Å². The van der Waals surface area contributed by atoms with Gasteiger partial charge in [0, 0.05) is 6.07 Å². The molecule has 0 amide bonds. The number of hydrogen-bond acceptors (Lipinski definition) is 3. The van der Waals surface area contributed by atoms with Crippen molar-refractivity contribution in [3.05, 3.63) is 23.8 Å². The second kappa shape index (κ2) is 6.64. The normalized spacial score (nSPS) is 14.2. The third kappa shape index (κ3) is 3.91. The lowest BCUT2D eigenvalue weighted by Crippen LogP contribution is -2.13. The van der Waals surface area contributed by atoms with Gasteiger partial charge in [0.1, 0.15) is 11.5 Å². The summed E-state index contributed by atoms with van der Waals surface area (Å²) in [6, 6.07) is 6.21. The molecule has 0 bridgehead atoms. The van der Waals surface area contributed by atoms with Crippen molar-refractivity contribution in [2.75, 3.05) is 33.9 Å². The minimum Gasteiger partial charge on any atom is -0.493 e. The molecular formula is C15H23NO2. The summed E-state index contributed by atoms with van der Waals surface area (Å²) in [7, 11) is 4.20. The fraction of sp³-hybridized carbons (Fsp3) is 0.600. The van der Waals surface area contributed by atoms with E-state index in [1.807, 2.05) is 6.07 Å². The van der Waals surface area contributed by atoms with Gasteiger partial charge in [-0.25, -0.2) is 0 Å². The molecule has 3 nitrogen and oxygen atoms in total. The Morgan fingerprint density at radius 1 is 1.28 bits per heavy atom. The number of hydrogen-bond donors (Lipinski definition) is 0. The summed E-state index contributed by atoms with van der Waals surface area (Å²) in [6.07, 6.45) is 4.51. The molecule has 0 aliphatic carbocycles. The standard InChI is InChI=1S/C15H23NO2/c1-16(2)9-3-4-10-17-14-8-7-13-6-5-11-18-15(13)12-14/h7-8,12H,3-6,9-11H2,1-2H3. The second-order valence-corrected chi connectivity index (χ2v) is 5.08. The number of fused-ring (bicyclic) bond motifs is 1. The lowest BCUT2D eigenvalue weighted by atomic mass is 10.1. The van der Waals surface area contributed by atoms with Gasteiger partial charge in [0.15, 0.2) is 0 Å². The van der Waals surface area contributed by atoms with E-state index < -0.39 is 0 Å². The molecule has 3 heteroatoms. The molecule has 0 aromatic heterocycles. The highest BCUT2D eigenvalue weighted by Gasteiger charge is 2.10. The van der Waals surface area contributed by atoms with Crippen molar-refractivity contribution in [2.45, 2.75) is 25.7 Å². The SMILES string of the molecule is CN(C)CCCCOc1ccc2c(c1)OCCC2. The molecule has 2 rings (SSSR count). The van der Waals surface area contributed by atoms with Gasteiger partial charge < -0.3 is 14.4 Å². The Morgan fingerprint density at radius 3 is 3.00 bits per heavy atom. The van der Waals surface area contributed by atoms with E-state index in [4.69, 9.17) is 9.47 Å². The third-order valence-corrected chi connectivity index (χ3v) is 3.16. The van der Waals surface area contributed by atoms with E-state index in [0.717, 1.165) is 50.5 Å². The minimum absolute atomic E-state index is 0.784. The summed E-state index contributed by atoms with van der Waals surface area (Å²) >= 11 is 0. The summed E-state index contributed by atoms with van der Waals surface area (Å²) in [4.78, 5) is 2.20. The van der Waals surface area contributed by atoms with Crippen LogP contribution in [-0.4, -0.2) is 38.8 Å². The van der Waals surface area contributed by atoms with Crippen molar-refractivity contribution in [3.8, 4) is 11.5 Å². The fourth-order valence-electron chi connectivity index (χ4n) is 2.13. The molecule has 100 valence electrons. The molecule has 0 spiro atoms. The second-order valence-electron chi connectivity index (χ2n) is 5.08. The average Bonchev–Trinajstić information content (AvgIpc) is 2.38. The highest BCUT2D eigenvalue weighted by molar-refractivity contribution is 5.41. The predicted octanol–water partition coefficient (Wildman–Crippen LogP) is 2.73. The van der Waals surface area contributed by atoms with Crippen molar-refractivity contribution in [3.63, 3.8) is 0 Å². The quantitative estimate of drug-likeness (QED) is 0.724. The van der Waals surface area contributed by atoms with Gasteiger partial charge in [-0.15, -0.1) is 0 Å². The fourth-order valence-corrected chi connectivity index (χ4v) is 2.13. The maximum Gasteiger partial charge on any atom is 0.126 e. The molecular weight excluding hydrogens is 226 g/mol. The van der Waals surface area contributed by atoms with Crippen LogP contribution in [0.1, 0.15) is 24.8 Å². The molecule has 0 saturated heterocycles. The first-order valence-corrected chi connectivity index (χ1v) is 6.79. The molecule has 0 saturated carbocycles. The maximum absolute atomic E-state index is 5.76. The van der Waals surface area contributed by atoms with E-state index in [2.05, 4.69) is 31.1 Å². The van der Waals surface area contributed by atoms with Crippen molar-refractivity contribution < 1.29 is 9.47 Å². The number of benzene rings is 1. The van der Waals surface area contributed by atoms with Crippen LogP contribution in [0, 0.1) is 0 Å². The van der Waals surface area contributed by atoms with Crippen molar-refractivity contribution in [1.29, 1.82) is 0 Å². The summed E-state index contributed by atoms with van der Waals surface area (Å²) in [6.45, 7) is 2.74. The molecule has 1 aromatic rings. The Morgan fingerprint density at radius 2 is 2.17 bits per heavy atom. The molecule has 1 aliphatic heterocycles. The zero-order valence-corrected chi connectivity index (χ0v) is 11.4. The van der Waals surface area contributed by atoms with Gasteiger partial charge in [-0.05, 0) is 58.0 Å². The van der Waals surface area contributed by atoms with Crippen LogP contribution >= 0.6 is 0 Å². The number of ether oxygens (including phenoxy) is 2. The first kappa shape index (κ1) is 13.2. The van der Waals surface area contributed by atoms with Crippen molar-refractivity contribution in [1.82, 2.24) is 4.90 Å². The van der Waals surface area contributed by atoms with Crippen LogP contribution in [-0.2, 0) is 6.42 Å². The van der Waals surface area contributed by atoms with E-state index in [1.165, 1.54) is 12.0 Å². The van der Waals surface area contributed by atoms with Gasteiger partial charge >= 0.3 is 0 Å². The van der Waals surface area contributed by atoms with Crippen LogP contribution in [0.3, 0.4) is 0 Å². The zero-order chi connectivity index (χ0) is 12.8. The Hall–Kier alpha value is -1.22. The average molecular weight is 249 g/mol. The van der Waals surface area contributed by atoms with Gasteiger partial charge in [0.2, 0.25) is 0 Å². The van der Waals surface area contributed by atoms with Crippen LogP contribution in [0.15, 0.2) is 18.2 Å². The van der Waals surface area contributed by atoms with Crippen LogP contribution in [0.25, 0.3) is 0 Å². The van der Waals surface area contributed by atoms with Crippen LogP contribution in [0.5, 0.6) is 11.5 Å². The molecule has 1 heterocycles. The van der Waals surface area contributed by atoms with Crippen LogP contribution < -0.4 is 9.47 Å². The van der Waals surface area contributed by atoms with E-state index in [0.29, 0.717) is 0 Å². The van der Waals surface area contributed by atoms with Crippen molar-refractivity contribution in [2.24, 2.45) is 0 Å². The summed E-state index contributed by atoms with van der Waals surface area (Å²) in [5, 5.41) is 0. The monoisotopic (exact) mass is 249 g/mol. The summed E-state index contributed by atoms with van der Waals surface area (Å²) < 4.78 is 11.4. The number of unbranched alkanes of at least 4 members (excludes halogenated alkanes) is 1. The smallest absolute Gasteiger partial charge is 0.126 e.